The summed E-state index contributed by atoms with van der Waals surface area (Å²) in [6.07, 6.45) is 0. The molecule has 0 spiro atoms. The molecule has 84 valence electrons. The molecule has 0 radical (unpaired) electrons. The third-order valence-electron chi connectivity index (χ3n) is 2.20. The molecule has 0 aliphatic rings. The Labute approximate surface area is 115 Å². The first-order chi connectivity index (χ1) is 7.61. The number of halogens is 2. The lowest BCUT2D eigenvalue weighted by atomic mass is 10.1. The van der Waals surface area contributed by atoms with Crippen LogP contribution in [0.3, 0.4) is 0 Å². The Bertz CT molecular complexity index is 525. The second-order valence-corrected chi connectivity index (χ2v) is 6.55. The van der Waals surface area contributed by atoms with E-state index in [0.29, 0.717) is 0 Å². The highest BCUT2D eigenvalue weighted by Crippen LogP contribution is 2.34. The van der Waals surface area contributed by atoms with E-state index in [1.807, 2.05) is 18.2 Å². The molecule has 0 amide bonds. The number of aryl methyl sites for hydroxylation is 1. The first kappa shape index (κ1) is 12.1. The molecule has 1 aromatic carbocycles. The molecule has 5 heteroatoms. The molecule has 1 aromatic heterocycles. The zero-order chi connectivity index (χ0) is 11.7. The predicted molar refractivity (Wildman–Crippen MR) is 74.2 cm³/mol. The zero-order valence-corrected chi connectivity index (χ0v) is 12.7. The van der Waals surface area contributed by atoms with Crippen LogP contribution in [-0.2, 0) is 0 Å². The van der Waals surface area contributed by atoms with Gasteiger partial charge < -0.3 is 4.74 Å². The van der Waals surface area contributed by atoms with E-state index in [9.17, 15) is 0 Å². The smallest absolute Gasteiger partial charge is 0.160 e. The summed E-state index contributed by atoms with van der Waals surface area (Å²) in [6, 6.07) is 5.97. The highest BCUT2D eigenvalue weighted by molar-refractivity contribution is 9.11. The Morgan fingerprint density at radius 3 is 2.56 bits per heavy atom. The fourth-order valence-corrected chi connectivity index (χ4v) is 3.54. The molecule has 1 heterocycles. The topological polar surface area (TPSA) is 22.1 Å². The van der Waals surface area contributed by atoms with Gasteiger partial charge in [0, 0.05) is 10.4 Å². The molecule has 0 atom stereocenters. The van der Waals surface area contributed by atoms with Crippen molar-refractivity contribution in [3.63, 3.8) is 0 Å². The molecule has 0 aliphatic carbocycles. The molecular formula is C11H9Br2NOS. The summed E-state index contributed by atoms with van der Waals surface area (Å²) in [5, 5.41) is 0. The first-order valence-corrected chi connectivity index (χ1v) is 6.99. The molecule has 0 aliphatic heterocycles. The summed E-state index contributed by atoms with van der Waals surface area (Å²) < 4.78 is 7.05. The van der Waals surface area contributed by atoms with Gasteiger partial charge in [0.2, 0.25) is 0 Å². The lowest BCUT2D eigenvalue weighted by Crippen LogP contribution is -1.86. The van der Waals surface area contributed by atoms with Crippen LogP contribution in [0.25, 0.3) is 11.3 Å². The Kier molecular flexibility index (Phi) is 3.66. The summed E-state index contributed by atoms with van der Waals surface area (Å²) in [6.45, 7) is 2.07. The Morgan fingerprint density at radius 1 is 1.31 bits per heavy atom. The number of thiazole rings is 1. The number of rotatable bonds is 2. The minimum Gasteiger partial charge on any atom is -0.496 e. The monoisotopic (exact) mass is 361 g/mol. The molecule has 0 fully saturated rings. The van der Waals surface area contributed by atoms with Gasteiger partial charge in [0.05, 0.1) is 17.3 Å². The van der Waals surface area contributed by atoms with Crippen LogP contribution in [0.4, 0.5) is 0 Å². The molecule has 0 saturated heterocycles. The predicted octanol–water partition coefficient (Wildman–Crippen LogP) is 4.65. The van der Waals surface area contributed by atoms with Gasteiger partial charge in [-0.1, -0.05) is 0 Å². The van der Waals surface area contributed by atoms with Crippen molar-refractivity contribution >= 4 is 43.2 Å². The van der Waals surface area contributed by atoms with Crippen molar-refractivity contribution in [3.05, 3.63) is 31.5 Å². The molecule has 0 N–H and O–H groups in total. The van der Waals surface area contributed by atoms with E-state index in [1.165, 1.54) is 4.88 Å². The molecule has 16 heavy (non-hydrogen) atoms. The lowest BCUT2D eigenvalue weighted by molar-refractivity contribution is 0.412. The summed E-state index contributed by atoms with van der Waals surface area (Å²) in [4.78, 5) is 5.65. The van der Waals surface area contributed by atoms with E-state index in [1.54, 1.807) is 18.4 Å². The van der Waals surface area contributed by atoms with Gasteiger partial charge in [-0.05, 0) is 57.0 Å². The van der Waals surface area contributed by atoms with Crippen LogP contribution in [0.15, 0.2) is 26.6 Å². The van der Waals surface area contributed by atoms with Crippen LogP contribution < -0.4 is 4.74 Å². The van der Waals surface area contributed by atoms with Gasteiger partial charge in [-0.2, -0.15) is 0 Å². The summed E-state index contributed by atoms with van der Waals surface area (Å²) in [5.41, 5.74) is 2.10. The van der Waals surface area contributed by atoms with Gasteiger partial charge in [0.25, 0.3) is 0 Å². The maximum absolute atomic E-state index is 5.20. The molecule has 2 aromatic rings. The average molecular weight is 363 g/mol. The summed E-state index contributed by atoms with van der Waals surface area (Å²) in [5.74, 6) is 0.829. The van der Waals surface area contributed by atoms with Gasteiger partial charge in [-0.15, -0.1) is 11.3 Å². The van der Waals surface area contributed by atoms with Crippen LogP contribution in [0.2, 0.25) is 0 Å². The van der Waals surface area contributed by atoms with Crippen molar-refractivity contribution in [1.29, 1.82) is 0 Å². The summed E-state index contributed by atoms with van der Waals surface area (Å²) in [7, 11) is 1.66. The van der Waals surface area contributed by atoms with E-state index < -0.39 is 0 Å². The number of methoxy groups -OCH3 is 1. The minimum absolute atomic E-state index is 0.829. The molecule has 0 saturated carbocycles. The van der Waals surface area contributed by atoms with Crippen molar-refractivity contribution in [2.24, 2.45) is 0 Å². The van der Waals surface area contributed by atoms with E-state index in [0.717, 1.165) is 25.4 Å². The third-order valence-corrected chi connectivity index (χ3v) is 4.24. The van der Waals surface area contributed by atoms with Gasteiger partial charge in [0.15, 0.2) is 3.92 Å². The molecule has 2 rings (SSSR count). The van der Waals surface area contributed by atoms with Crippen molar-refractivity contribution in [1.82, 2.24) is 4.98 Å². The number of hydrogen-bond acceptors (Lipinski definition) is 3. The number of aromatic nitrogens is 1. The van der Waals surface area contributed by atoms with E-state index in [2.05, 4.69) is 43.8 Å². The van der Waals surface area contributed by atoms with Crippen LogP contribution in [-0.4, -0.2) is 12.1 Å². The van der Waals surface area contributed by atoms with Crippen LogP contribution in [0.5, 0.6) is 5.75 Å². The highest BCUT2D eigenvalue weighted by atomic mass is 79.9. The standard InChI is InChI=1S/C11H9Br2NOS/c1-6-10(14-11(13)16-6)7-3-4-9(15-2)8(12)5-7/h3-5H,1-2H3. The molecule has 0 bridgehead atoms. The molecule has 2 nitrogen and oxygen atoms in total. The Morgan fingerprint density at radius 2 is 2.06 bits per heavy atom. The average Bonchev–Trinajstić information content (AvgIpc) is 2.58. The van der Waals surface area contributed by atoms with Gasteiger partial charge in [-0.25, -0.2) is 4.98 Å². The van der Waals surface area contributed by atoms with Crippen molar-refractivity contribution < 1.29 is 4.74 Å². The van der Waals surface area contributed by atoms with Crippen molar-refractivity contribution in [2.45, 2.75) is 6.92 Å². The number of ether oxygens (including phenoxy) is 1. The van der Waals surface area contributed by atoms with Crippen LogP contribution in [0.1, 0.15) is 4.88 Å². The van der Waals surface area contributed by atoms with Crippen molar-refractivity contribution in [2.75, 3.05) is 7.11 Å². The fourth-order valence-electron chi connectivity index (χ4n) is 1.45. The fraction of sp³-hybridized carbons (Fsp3) is 0.182. The quantitative estimate of drug-likeness (QED) is 0.775. The van der Waals surface area contributed by atoms with E-state index in [-0.39, 0.29) is 0 Å². The molecular weight excluding hydrogens is 354 g/mol. The van der Waals surface area contributed by atoms with Crippen molar-refractivity contribution in [3.8, 4) is 17.0 Å². The lowest BCUT2D eigenvalue weighted by Gasteiger charge is -2.05. The first-order valence-electron chi connectivity index (χ1n) is 4.58. The van der Waals surface area contributed by atoms with E-state index in [4.69, 9.17) is 4.74 Å². The van der Waals surface area contributed by atoms with Gasteiger partial charge in [-0.3, -0.25) is 0 Å². The third kappa shape index (κ3) is 2.31. The minimum atomic E-state index is 0.829. The van der Waals surface area contributed by atoms with Gasteiger partial charge in [0.1, 0.15) is 5.75 Å². The second kappa shape index (κ2) is 4.85. The largest absolute Gasteiger partial charge is 0.496 e. The normalized spacial score (nSPS) is 10.5. The van der Waals surface area contributed by atoms with E-state index >= 15 is 0 Å². The summed E-state index contributed by atoms with van der Waals surface area (Å²) >= 11 is 8.51. The molecule has 0 unspecified atom stereocenters. The SMILES string of the molecule is COc1ccc(-c2nc(Br)sc2C)cc1Br. The maximum Gasteiger partial charge on any atom is 0.160 e. The maximum atomic E-state index is 5.20. The van der Waals surface area contributed by atoms with Crippen LogP contribution >= 0.6 is 43.2 Å². The second-order valence-electron chi connectivity index (χ2n) is 3.22. The number of benzene rings is 1. The Hall–Kier alpha value is -0.390. The van der Waals surface area contributed by atoms with Crippen LogP contribution in [0, 0.1) is 6.92 Å². The number of nitrogens with zero attached hydrogens (tertiary/aromatic N) is 1. The number of hydrogen-bond donors (Lipinski definition) is 0. The highest BCUT2D eigenvalue weighted by Gasteiger charge is 2.10. The Balaban J connectivity index is 2.49. The van der Waals surface area contributed by atoms with Gasteiger partial charge >= 0.3 is 0 Å². The zero-order valence-electron chi connectivity index (χ0n) is 8.75.